The van der Waals surface area contributed by atoms with Crippen LogP contribution in [0.2, 0.25) is 0 Å². The lowest BCUT2D eigenvalue weighted by molar-refractivity contribution is 0.105. The third-order valence-electron chi connectivity index (χ3n) is 2.33. The molecule has 0 spiro atoms. The molecule has 0 fully saturated rings. The van der Waals surface area contributed by atoms with Crippen molar-refractivity contribution in [3.63, 3.8) is 0 Å². The van der Waals surface area contributed by atoms with E-state index in [-0.39, 0.29) is 5.78 Å². The van der Waals surface area contributed by atoms with Crippen LogP contribution in [0, 0.1) is 4.64 Å². The Morgan fingerprint density at radius 1 is 1.41 bits per heavy atom. The number of hydrogen-bond acceptors (Lipinski definition) is 3. The minimum atomic E-state index is 0.0147. The molecule has 0 radical (unpaired) electrons. The highest BCUT2D eigenvalue weighted by atomic mass is 32.1. The summed E-state index contributed by atoms with van der Waals surface area (Å²) < 4.78 is 2.58. The summed E-state index contributed by atoms with van der Waals surface area (Å²) in [5.74, 6) is 0.0147. The zero-order valence-corrected chi connectivity index (χ0v) is 10.9. The predicted octanol–water partition coefficient (Wildman–Crippen LogP) is 3.71. The highest BCUT2D eigenvalue weighted by Gasteiger charge is 2.01. The second kappa shape index (κ2) is 5.21. The molecule has 2 aromatic heterocycles. The zero-order valence-electron chi connectivity index (χ0n) is 9.29. The van der Waals surface area contributed by atoms with Gasteiger partial charge in [-0.05, 0) is 29.7 Å². The van der Waals surface area contributed by atoms with E-state index in [1.807, 2.05) is 47.5 Å². The number of carbonyl (C=O) groups is 1. The van der Waals surface area contributed by atoms with Gasteiger partial charge in [0, 0.05) is 18.8 Å². The maximum Gasteiger partial charge on any atom is 0.195 e. The van der Waals surface area contributed by atoms with Gasteiger partial charge in [0.2, 0.25) is 0 Å². The molecule has 0 N–H and O–H groups in total. The van der Waals surface area contributed by atoms with Crippen molar-refractivity contribution >= 4 is 35.4 Å². The summed E-state index contributed by atoms with van der Waals surface area (Å²) in [5.41, 5.74) is 0.884. The van der Waals surface area contributed by atoms with Crippen molar-refractivity contribution in [1.29, 1.82) is 0 Å². The van der Waals surface area contributed by atoms with E-state index in [9.17, 15) is 4.79 Å². The molecule has 0 saturated carbocycles. The quantitative estimate of drug-likeness (QED) is 0.477. The van der Waals surface area contributed by atoms with Crippen molar-refractivity contribution in [2.75, 3.05) is 0 Å². The van der Waals surface area contributed by atoms with Crippen LogP contribution in [-0.2, 0) is 7.05 Å². The van der Waals surface area contributed by atoms with Crippen LogP contribution in [0.1, 0.15) is 15.2 Å². The van der Waals surface area contributed by atoms with Crippen molar-refractivity contribution in [2.45, 2.75) is 0 Å². The molecule has 86 valence electrons. The molecule has 2 rings (SSSR count). The molecule has 0 saturated heterocycles. The largest absolute Gasteiger partial charge is 0.342 e. The maximum atomic E-state index is 11.8. The number of thiophene rings is 1. The fourth-order valence-electron chi connectivity index (χ4n) is 1.41. The molecule has 0 atom stereocenters. The van der Waals surface area contributed by atoms with Gasteiger partial charge in [0.1, 0.15) is 4.64 Å². The lowest BCUT2D eigenvalue weighted by atomic mass is 10.2. The van der Waals surface area contributed by atoms with Crippen molar-refractivity contribution in [2.24, 2.45) is 7.05 Å². The number of aryl methyl sites for hydroxylation is 1. The highest BCUT2D eigenvalue weighted by molar-refractivity contribution is 7.71. The van der Waals surface area contributed by atoms with Gasteiger partial charge in [-0.2, -0.15) is 0 Å². The zero-order chi connectivity index (χ0) is 12.3. The van der Waals surface area contributed by atoms with E-state index in [1.54, 1.807) is 12.2 Å². The summed E-state index contributed by atoms with van der Waals surface area (Å²) in [6.07, 6.45) is 5.22. The third-order valence-corrected chi connectivity index (χ3v) is 3.74. The Labute approximate surface area is 109 Å². The summed E-state index contributed by atoms with van der Waals surface area (Å²) in [7, 11) is 1.89. The first-order valence-corrected chi connectivity index (χ1v) is 6.39. The Morgan fingerprint density at radius 3 is 2.94 bits per heavy atom. The number of hydrogen-bond donors (Lipinski definition) is 0. The minimum absolute atomic E-state index is 0.0147. The molecular formula is C13H11NOS2. The molecule has 0 aliphatic carbocycles. The normalized spacial score (nSPS) is 10.9. The van der Waals surface area contributed by atoms with Gasteiger partial charge in [-0.15, -0.1) is 11.3 Å². The molecule has 2 nitrogen and oxygen atoms in total. The summed E-state index contributed by atoms with van der Waals surface area (Å²) in [4.78, 5) is 12.5. The first kappa shape index (κ1) is 12.0. The summed E-state index contributed by atoms with van der Waals surface area (Å²) in [5, 5.41) is 1.89. The van der Waals surface area contributed by atoms with Crippen molar-refractivity contribution < 1.29 is 4.79 Å². The Morgan fingerprint density at radius 2 is 2.24 bits per heavy atom. The Bertz CT molecular complexity index is 609. The fraction of sp³-hybridized carbons (Fsp3) is 0.0769. The van der Waals surface area contributed by atoms with Gasteiger partial charge in [-0.3, -0.25) is 4.79 Å². The average molecular weight is 261 g/mol. The SMILES string of the molecule is Cn1cccc(C=CC(=O)c2cccs2)c1=S. The smallest absolute Gasteiger partial charge is 0.195 e. The van der Waals surface area contributed by atoms with Crippen LogP contribution >= 0.6 is 23.6 Å². The number of pyridine rings is 1. The minimum Gasteiger partial charge on any atom is -0.342 e. The Hall–Kier alpha value is -1.52. The van der Waals surface area contributed by atoms with Gasteiger partial charge in [0.05, 0.1) is 4.88 Å². The number of aromatic nitrogens is 1. The standard InChI is InChI=1S/C13H11NOS2/c1-14-8-2-4-10(13(14)16)6-7-11(15)12-5-3-9-17-12/h2-9H,1H3. The van der Waals surface area contributed by atoms with Crippen LogP contribution in [0.3, 0.4) is 0 Å². The van der Waals surface area contributed by atoms with E-state index < -0.39 is 0 Å². The lowest BCUT2D eigenvalue weighted by Crippen LogP contribution is -1.93. The highest BCUT2D eigenvalue weighted by Crippen LogP contribution is 2.11. The van der Waals surface area contributed by atoms with Gasteiger partial charge in [-0.1, -0.05) is 24.4 Å². The number of nitrogens with zero attached hydrogens (tertiary/aromatic N) is 1. The van der Waals surface area contributed by atoms with E-state index in [0.29, 0.717) is 0 Å². The molecule has 0 unspecified atom stereocenters. The first-order chi connectivity index (χ1) is 8.18. The van der Waals surface area contributed by atoms with Crippen LogP contribution in [0.5, 0.6) is 0 Å². The van der Waals surface area contributed by atoms with E-state index in [1.165, 1.54) is 11.3 Å². The molecule has 4 heteroatoms. The average Bonchev–Trinajstić information content (AvgIpc) is 2.84. The van der Waals surface area contributed by atoms with Gasteiger partial charge < -0.3 is 4.57 Å². The molecule has 0 amide bonds. The summed E-state index contributed by atoms with van der Waals surface area (Å²) in [6, 6.07) is 7.50. The third kappa shape index (κ3) is 2.78. The molecule has 0 aliphatic heterocycles. The van der Waals surface area contributed by atoms with E-state index in [2.05, 4.69) is 0 Å². The molecule has 0 aliphatic rings. The summed E-state index contributed by atoms with van der Waals surface area (Å²) in [6.45, 7) is 0. The number of ketones is 1. The summed E-state index contributed by atoms with van der Waals surface area (Å²) >= 11 is 6.69. The number of allylic oxidation sites excluding steroid dienone is 1. The second-order valence-electron chi connectivity index (χ2n) is 3.55. The van der Waals surface area contributed by atoms with E-state index in [0.717, 1.165) is 15.1 Å². The second-order valence-corrected chi connectivity index (χ2v) is 4.89. The lowest BCUT2D eigenvalue weighted by Gasteiger charge is -1.99. The monoisotopic (exact) mass is 261 g/mol. The van der Waals surface area contributed by atoms with Crippen LogP contribution in [-0.4, -0.2) is 10.4 Å². The Kier molecular flexibility index (Phi) is 3.66. The predicted molar refractivity (Wildman–Crippen MR) is 73.9 cm³/mol. The molecule has 0 aromatic carbocycles. The van der Waals surface area contributed by atoms with Crippen LogP contribution in [0.4, 0.5) is 0 Å². The molecule has 2 aromatic rings. The molecule has 0 bridgehead atoms. The van der Waals surface area contributed by atoms with Crippen LogP contribution in [0.15, 0.2) is 41.9 Å². The van der Waals surface area contributed by atoms with Gasteiger partial charge in [0.15, 0.2) is 5.78 Å². The molecule has 17 heavy (non-hydrogen) atoms. The van der Waals surface area contributed by atoms with Crippen molar-refractivity contribution in [1.82, 2.24) is 4.57 Å². The van der Waals surface area contributed by atoms with Gasteiger partial charge >= 0.3 is 0 Å². The number of carbonyl (C=O) groups excluding carboxylic acids is 1. The van der Waals surface area contributed by atoms with Crippen LogP contribution < -0.4 is 0 Å². The van der Waals surface area contributed by atoms with Crippen molar-refractivity contribution in [3.05, 3.63) is 57.0 Å². The fourth-order valence-corrected chi connectivity index (χ4v) is 2.25. The topological polar surface area (TPSA) is 22.0 Å². The van der Waals surface area contributed by atoms with Gasteiger partial charge in [0.25, 0.3) is 0 Å². The molecule has 2 heterocycles. The molecular weight excluding hydrogens is 250 g/mol. The van der Waals surface area contributed by atoms with Gasteiger partial charge in [-0.25, -0.2) is 0 Å². The Balaban J connectivity index is 2.24. The van der Waals surface area contributed by atoms with E-state index in [4.69, 9.17) is 12.2 Å². The number of rotatable bonds is 3. The first-order valence-electron chi connectivity index (χ1n) is 5.10. The van der Waals surface area contributed by atoms with E-state index >= 15 is 0 Å². The van der Waals surface area contributed by atoms with Crippen LogP contribution in [0.25, 0.3) is 6.08 Å². The van der Waals surface area contributed by atoms with Crippen molar-refractivity contribution in [3.8, 4) is 0 Å². The maximum absolute atomic E-state index is 11.8.